The summed E-state index contributed by atoms with van der Waals surface area (Å²) in [6.45, 7) is 0. The molecule has 0 N–H and O–H groups in total. The van der Waals surface area contributed by atoms with Crippen molar-refractivity contribution in [3.63, 3.8) is 0 Å². The molecule has 1 aliphatic carbocycles. The van der Waals surface area contributed by atoms with E-state index < -0.39 is 0 Å². The Hall–Kier alpha value is -3.17. The number of allylic oxidation sites excluding steroid dienone is 1. The first kappa shape index (κ1) is 23.2. The van der Waals surface area contributed by atoms with Gasteiger partial charge in [0.25, 0.3) is 5.56 Å². The Kier molecular flexibility index (Phi) is 6.05. The van der Waals surface area contributed by atoms with Crippen LogP contribution < -0.4 is 24.4 Å². The number of rotatable bonds is 4. The van der Waals surface area contributed by atoms with E-state index in [4.69, 9.17) is 14.5 Å². The van der Waals surface area contributed by atoms with Crippen LogP contribution in [0.25, 0.3) is 11.8 Å². The van der Waals surface area contributed by atoms with Gasteiger partial charge in [-0.3, -0.25) is 9.36 Å². The van der Waals surface area contributed by atoms with Gasteiger partial charge in [-0.25, -0.2) is 4.99 Å². The highest BCUT2D eigenvalue weighted by Gasteiger charge is 2.32. The number of benzene rings is 3. The number of methoxy groups -OCH3 is 2. The van der Waals surface area contributed by atoms with Gasteiger partial charge in [-0.2, -0.15) is 0 Å². The van der Waals surface area contributed by atoms with Gasteiger partial charge in [-0.05, 0) is 88.0 Å². The van der Waals surface area contributed by atoms with Crippen LogP contribution in [0.4, 0.5) is 0 Å². The van der Waals surface area contributed by atoms with Crippen molar-refractivity contribution in [3.05, 3.63) is 118 Å². The number of nitrogens with zero attached hydrogens (tertiary/aromatic N) is 2. The predicted molar refractivity (Wildman–Crippen MR) is 151 cm³/mol. The third kappa shape index (κ3) is 3.90. The average Bonchev–Trinajstić information content (AvgIpc) is 3.22. The van der Waals surface area contributed by atoms with Gasteiger partial charge in [0, 0.05) is 5.56 Å². The van der Waals surface area contributed by atoms with Gasteiger partial charge in [0.1, 0.15) is 11.5 Å². The van der Waals surface area contributed by atoms with Crippen LogP contribution in [-0.2, 0) is 6.42 Å². The lowest BCUT2D eigenvalue weighted by Gasteiger charge is -2.30. The molecule has 0 fully saturated rings. The molecule has 0 amide bonds. The predicted octanol–water partition coefficient (Wildman–Crippen LogP) is 4.94. The molecule has 1 atom stereocenters. The SMILES string of the molecule is COc1ccc([C@@H]2C3=C(N=c4s/c(=C\c5ccc(OC)c(I)c5)c(=O)n42)c2ccccc2CC3)cc1. The van der Waals surface area contributed by atoms with E-state index in [0.29, 0.717) is 4.53 Å². The van der Waals surface area contributed by atoms with Gasteiger partial charge < -0.3 is 9.47 Å². The Morgan fingerprint density at radius 3 is 2.58 bits per heavy atom. The van der Waals surface area contributed by atoms with E-state index in [0.717, 1.165) is 49.5 Å². The molecule has 2 aliphatic rings. The first-order valence-electron chi connectivity index (χ1n) is 11.7. The molecule has 0 spiro atoms. The Morgan fingerprint density at radius 2 is 1.83 bits per heavy atom. The standard InChI is InChI=1S/C29H23IN2O3S/c1-34-20-11-8-19(9-12-20)27-22-13-10-18-5-3-4-6-21(18)26(22)31-29-32(27)28(33)25(36-29)16-17-7-14-24(35-2)23(30)15-17/h3-9,11-12,14-16,27H,10,13H2,1-2H3/b25-16-/t27-/m1/s1. The molecule has 5 nitrogen and oxygen atoms in total. The summed E-state index contributed by atoms with van der Waals surface area (Å²) in [4.78, 5) is 19.7. The first-order valence-corrected chi connectivity index (χ1v) is 13.6. The second kappa shape index (κ2) is 9.37. The molecular formula is C29H23IN2O3S. The van der Waals surface area contributed by atoms with Crippen LogP contribution in [0.15, 0.2) is 82.1 Å². The van der Waals surface area contributed by atoms with E-state index in [1.165, 1.54) is 28.0 Å². The van der Waals surface area contributed by atoms with Gasteiger partial charge in [0.2, 0.25) is 0 Å². The zero-order chi connectivity index (χ0) is 24.8. The van der Waals surface area contributed by atoms with Crippen molar-refractivity contribution in [2.45, 2.75) is 18.9 Å². The molecule has 2 heterocycles. The Morgan fingerprint density at radius 1 is 1.03 bits per heavy atom. The number of aromatic nitrogens is 1. The molecule has 0 saturated heterocycles. The van der Waals surface area contributed by atoms with Crippen molar-refractivity contribution in [1.29, 1.82) is 0 Å². The number of halogens is 1. The van der Waals surface area contributed by atoms with E-state index in [-0.39, 0.29) is 11.6 Å². The van der Waals surface area contributed by atoms with E-state index in [1.807, 2.05) is 41.0 Å². The molecule has 4 aromatic rings. The molecule has 0 saturated carbocycles. The third-order valence-corrected chi connectivity index (χ3v) is 8.60. The van der Waals surface area contributed by atoms with E-state index >= 15 is 0 Å². The summed E-state index contributed by atoms with van der Waals surface area (Å²) in [5, 5.41) is 0. The van der Waals surface area contributed by atoms with Crippen LogP contribution in [0.2, 0.25) is 0 Å². The lowest BCUT2D eigenvalue weighted by Crippen LogP contribution is -2.38. The summed E-state index contributed by atoms with van der Waals surface area (Å²) in [7, 11) is 3.32. The molecule has 1 aliphatic heterocycles. The van der Waals surface area contributed by atoms with Gasteiger partial charge in [0.05, 0.1) is 34.1 Å². The van der Waals surface area contributed by atoms with Gasteiger partial charge in [-0.1, -0.05) is 53.8 Å². The highest BCUT2D eigenvalue weighted by molar-refractivity contribution is 14.1. The van der Waals surface area contributed by atoms with Crippen LogP contribution in [0.5, 0.6) is 11.5 Å². The Bertz CT molecular complexity index is 1700. The van der Waals surface area contributed by atoms with Crippen molar-refractivity contribution in [2.75, 3.05) is 14.2 Å². The lowest BCUT2D eigenvalue weighted by atomic mass is 9.83. The molecule has 6 rings (SSSR count). The number of hydrogen-bond acceptors (Lipinski definition) is 5. The molecule has 0 bridgehead atoms. The maximum absolute atomic E-state index is 13.9. The maximum atomic E-state index is 13.9. The molecule has 180 valence electrons. The summed E-state index contributed by atoms with van der Waals surface area (Å²) in [6.07, 6.45) is 3.76. The highest BCUT2D eigenvalue weighted by Crippen LogP contribution is 2.41. The lowest BCUT2D eigenvalue weighted by molar-refractivity contribution is 0.412. The van der Waals surface area contributed by atoms with Crippen molar-refractivity contribution in [1.82, 2.24) is 4.57 Å². The number of hydrogen-bond donors (Lipinski definition) is 0. The van der Waals surface area contributed by atoms with Gasteiger partial charge >= 0.3 is 0 Å². The third-order valence-electron chi connectivity index (χ3n) is 6.78. The number of fused-ring (bicyclic) bond motifs is 3. The van der Waals surface area contributed by atoms with Crippen LogP contribution in [0.1, 0.15) is 34.7 Å². The maximum Gasteiger partial charge on any atom is 0.271 e. The summed E-state index contributed by atoms with van der Waals surface area (Å²) < 4.78 is 14.3. The van der Waals surface area contributed by atoms with Crippen LogP contribution in [0, 0.1) is 3.57 Å². The minimum atomic E-state index is -0.200. The smallest absolute Gasteiger partial charge is 0.271 e. The fraction of sp³-hybridized carbons (Fsp3) is 0.172. The zero-order valence-electron chi connectivity index (χ0n) is 19.8. The first-order chi connectivity index (χ1) is 17.6. The van der Waals surface area contributed by atoms with Crippen LogP contribution in [-0.4, -0.2) is 18.8 Å². The second-order valence-electron chi connectivity index (χ2n) is 8.78. The largest absolute Gasteiger partial charge is 0.497 e. The monoisotopic (exact) mass is 606 g/mol. The van der Waals surface area contributed by atoms with Crippen molar-refractivity contribution >= 4 is 45.7 Å². The summed E-state index contributed by atoms with van der Waals surface area (Å²) >= 11 is 3.70. The molecule has 7 heteroatoms. The number of ether oxygens (including phenoxy) is 2. The van der Waals surface area contributed by atoms with Crippen LogP contribution in [0.3, 0.4) is 0 Å². The van der Waals surface area contributed by atoms with E-state index in [9.17, 15) is 4.79 Å². The fourth-order valence-electron chi connectivity index (χ4n) is 5.03. The topological polar surface area (TPSA) is 52.8 Å². The summed E-state index contributed by atoms with van der Waals surface area (Å²) in [5.74, 6) is 1.61. The highest BCUT2D eigenvalue weighted by atomic mass is 127. The molecule has 1 aromatic heterocycles. The molecule has 36 heavy (non-hydrogen) atoms. The molecule has 0 radical (unpaired) electrons. The van der Waals surface area contributed by atoms with E-state index in [2.05, 4.69) is 59.0 Å². The number of thiazole rings is 1. The van der Waals surface area contributed by atoms with Gasteiger partial charge in [0.15, 0.2) is 4.80 Å². The summed E-state index contributed by atoms with van der Waals surface area (Å²) in [6, 6.07) is 22.2. The molecular weight excluding hydrogens is 583 g/mol. The Labute approximate surface area is 226 Å². The normalized spacial score (nSPS) is 16.6. The van der Waals surface area contributed by atoms with Crippen molar-refractivity contribution in [2.24, 2.45) is 4.99 Å². The average molecular weight is 606 g/mol. The summed E-state index contributed by atoms with van der Waals surface area (Å²) in [5.41, 5.74) is 6.67. The quantitative estimate of drug-likeness (QED) is 0.310. The van der Waals surface area contributed by atoms with E-state index in [1.54, 1.807) is 14.2 Å². The minimum absolute atomic E-state index is 0.0178. The zero-order valence-corrected chi connectivity index (χ0v) is 22.8. The minimum Gasteiger partial charge on any atom is -0.497 e. The van der Waals surface area contributed by atoms with Crippen molar-refractivity contribution < 1.29 is 9.47 Å². The second-order valence-corrected chi connectivity index (χ2v) is 11.0. The number of aryl methyl sites for hydroxylation is 1. The van der Waals surface area contributed by atoms with Crippen molar-refractivity contribution in [3.8, 4) is 11.5 Å². The van der Waals surface area contributed by atoms with Gasteiger partial charge in [-0.15, -0.1) is 0 Å². The molecule has 3 aromatic carbocycles. The Balaban J connectivity index is 1.58. The van der Waals surface area contributed by atoms with Crippen LogP contribution >= 0.6 is 33.9 Å². The fourth-order valence-corrected chi connectivity index (χ4v) is 6.79. The molecule has 0 unspecified atom stereocenters.